The van der Waals surface area contributed by atoms with Crippen LogP contribution in [0.5, 0.6) is 0 Å². The van der Waals surface area contributed by atoms with Crippen molar-refractivity contribution in [1.29, 1.82) is 0 Å². The summed E-state index contributed by atoms with van der Waals surface area (Å²) in [6, 6.07) is 56.7. The minimum atomic E-state index is 1.02. The molecule has 196 valence electrons. The molecule has 0 unspecified atom stereocenters. The van der Waals surface area contributed by atoms with Gasteiger partial charge in [-0.15, -0.1) is 0 Å². The SMILES string of the molecule is c1ccc(-c2cc(-c3ccccc3)cc(-c3c4ccccc4c(-c4ccc5ccccc5c4)c4ncccc34)c2)cc1. The fourth-order valence-corrected chi connectivity index (χ4v) is 6.31. The Labute approximate surface area is 245 Å². The second-order valence-electron chi connectivity index (χ2n) is 10.8. The number of nitrogens with zero attached hydrogens (tertiary/aromatic N) is 1. The maximum atomic E-state index is 5.04. The monoisotopic (exact) mass is 533 g/mol. The molecule has 0 aliphatic heterocycles. The summed E-state index contributed by atoms with van der Waals surface area (Å²) in [4.78, 5) is 5.04. The van der Waals surface area contributed by atoms with Gasteiger partial charge in [0.05, 0.1) is 5.52 Å². The minimum absolute atomic E-state index is 1.02. The lowest BCUT2D eigenvalue weighted by atomic mass is 9.85. The van der Waals surface area contributed by atoms with Gasteiger partial charge >= 0.3 is 0 Å². The van der Waals surface area contributed by atoms with Crippen molar-refractivity contribution in [1.82, 2.24) is 4.98 Å². The first-order valence-electron chi connectivity index (χ1n) is 14.4. The van der Waals surface area contributed by atoms with Gasteiger partial charge in [0, 0.05) is 17.1 Å². The van der Waals surface area contributed by atoms with Gasteiger partial charge in [0.2, 0.25) is 0 Å². The summed E-state index contributed by atoms with van der Waals surface area (Å²) >= 11 is 0. The van der Waals surface area contributed by atoms with E-state index >= 15 is 0 Å². The first kappa shape index (κ1) is 24.3. The molecule has 1 aromatic heterocycles. The van der Waals surface area contributed by atoms with Gasteiger partial charge in [0.15, 0.2) is 0 Å². The quantitative estimate of drug-likeness (QED) is 0.205. The number of rotatable bonds is 4. The number of pyridine rings is 1. The van der Waals surface area contributed by atoms with E-state index in [1.807, 2.05) is 6.20 Å². The van der Waals surface area contributed by atoms with E-state index in [1.54, 1.807) is 0 Å². The Morgan fingerprint density at radius 3 is 1.55 bits per heavy atom. The van der Waals surface area contributed by atoms with E-state index in [-0.39, 0.29) is 0 Å². The van der Waals surface area contributed by atoms with Gasteiger partial charge in [-0.05, 0) is 90.8 Å². The molecule has 0 radical (unpaired) electrons. The Hall–Kier alpha value is -5.53. The third-order valence-electron chi connectivity index (χ3n) is 8.25. The number of fused-ring (bicyclic) bond motifs is 3. The molecule has 0 N–H and O–H groups in total. The Morgan fingerprint density at radius 2 is 0.857 bits per heavy atom. The molecule has 1 nitrogen and oxygen atoms in total. The number of aromatic nitrogens is 1. The Kier molecular flexibility index (Phi) is 5.86. The summed E-state index contributed by atoms with van der Waals surface area (Å²) in [7, 11) is 0. The molecule has 0 fully saturated rings. The lowest BCUT2D eigenvalue weighted by Crippen LogP contribution is -1.93. The van der Waals surface area contributed by atoms with Crippen molar-refractivity contribution in [3.8, 4) is 44.5 Å². The second kappa shape index (κ2) is 10.1. The highest BCUT2D eigenvalue weighted by Gasteiger charge is 2.19. The van der Waals surface area contributed by atoms with E-state index in [9.17, 15) is 0 Å². The van der Waals surface area contributed by atoms with Gasteiger partial charge in [-0.2, -0.15) is 0 Å². The zero-order valence-electron chi connectivity index (χ0n) is 23.0. The lowest BCUT2D eigenvalue weighted by Gasteiger charge is -2.18. The van der Waals surface area contributed by atoms with Crippen LogP contribution in [0.25, 0.3) is 77.0 Å². The normalized spacial score (nSPS) is 11.3. The van der Waals surface area contributed by atoms with E-state index in [1.165, 1.54) is 66.1 Å². The first-order chi connectivity index (χ1) is 20.8. The highest BCUT2D eigenvalue weighted by Crippen LogP contribution is 2.44. The first-order valence-corrected chi connectivity index (χ1v) is 14.4. The standard InChI is InChI=1S/C41H27N/c1-3-12-28(13-4-1)33-25-34(29-14-5-2-6-15-29)27-35(26-33)39-36-18-9-10-19-37(36)40(41-38(39)20-11-23-42-41)32-22-21-30-16-7-8-17-31(30)24-32/h1-27H. The van der Waals surface area contributed by atoms with Crippen LogP contribution in [0, 0.1) is 0 Å². The zero-order chi connectivity index (χ0) is 27.9. The van der Waals surface area contributed by atoms with Crippen molar-refractivity contribution in [3.63, 3.8) is 0 Å². The van der Waals surface area contributed by atoms with E-state index in [4.69, 9.17) is 4.98 Å². The number of hydrogen-bond donors (Lipinski definition) is 0. The predicted octanol–water partition coefficient (Wildman–Crippen LogP) is 11.2. The van der Waals surface area contributed by atoms with Crippen molar-refractivity contribution >= 4 is 32.4 Å². The van der Waals surface area contributed by atoms with Crippen molar-refractivity contribution in [2.75, 3.05) is 0 Å². The zero-order valence-corrected chi connectivity index (χ0v) is 23.0. The van der Waals surface area contributed by atoms with Crippen LogP contribution in [-0.2, 0) is 0 Å². The van der Waals surface area contributed by atoms with E-state index < -0.39 is 0 Å². The summed E-state index contributed by atoms with van der Waals surface area (Å²) in [6.07, 6.45) is 1.92. The van der Waals surface area contributed by atoms with Gasteiger partial charge in [0.1, 0.15) is 0 Å². The maximum absolute atomic E-state index is 5.04. The van der Waals surface area contributed by atoms with Gasteiger partial charge in [-0.1, -0.05) is 127 Å². The van der Waals surface area contributed by atoms with E-state index in [2.05, 4.69) is 158 Å². The molecule has 1 heterocycles. The summed E-state index contributed by atoms with van der Waals surface area (Å²) in [6.45, 7) is 0. The Balaban J connectivity index is 1.46. The van der Waals surface area contributed by atoms with Gasteiger partial charge in [0.25, 0.3) is 0 Å². The van der Waals surface area contributed by atoms with Gasteiger partial charge in [-0.25, -0.2) is 0 Å². The molecule has 0 aliphatic rings. The number of hydrogen-bond acceptors (Lipinski definition) is 1. The topological polar surface area (TPSA) is 12.9 Å². The molecule has 7 aromatic carbocycles. The summed E-state index contributed by atoms with van der Waals surface area (Å²) < 4.78 is 0. The molecule has 0 saturated heterocycles. The molecule has 42 heavy (non-hydrogen) atoms. The smallest absolute Gasteiger partial charge is 0.0792 e. The third-order valence-corrected chi connectivity index (χ3v) is 8.25. The lowest BCUT2D eigenvalue weighted by molar-refractivity contribution is 1.42. The molecule has 0 saturated carbocycles. The molecule has 0 spiro atoms. The van der Waals surface area contributed by atoms with Crippen LogP contribution in [0.2, 0.25) is 0 Å². The van der Waals surface area contributed by atoms with Crippen LogP contribution < -0.4 is 0 Å². The summed E-state index contributed by atoms with van der Waals surface area (Å²) in [5.74, 6) is 0. The van der Waals surface area contributed by atoms with Crippen LogP contribution in [0.4, 0.5) is 0 Å². The maximum Gasteiger partial charge on any atom is 0.0792 e. The number of benzene rings is 7. The molecule has 0 atom stereocenters. The fourth-order valence-electron chi connectivity index (χ4n) is 6.31. The molecule has 0 amide bonds. The Bertz CT molecular complexity index is 2120. The van der Waals surface area contributed by atoms with Crippen molar-refractivity contribution in [3.05, 3.63) is 164 Å². The van der Waals surface area contributed by atoms with E-state index in [0.29, 0.717) is 0 Å². The van der Waals surface area contributed by atoms with Gasteiger partial charge in [-0.3, -0.25) is 4.98 Å². The molecule has 8 aromatic rings. The van der Waals surface area contributed by atoms with Crippen LogP contribution >= 0.6 is 0 Å². The van der Waals surface area contributed by atoms with Gasteiger partial charge < -0.3 is 0 Å². The predicted molar refractivity (Wildman–Crippen MR) is 178 cm³/mol. The largest absolute Gasteiger partial charge is 0.256 e. The summed E-state index contributed by atoms with van der Waals surface area (Å²) in [5, 5.41) is 6.07. The highest BCUT2D eigenvalue weighted by atomic mass is 14.7. The van der Waals surface area contributed by atoms with Crippen LogP contribution in [0.1, 0.15) is 0 Å². The summed E-state index contributed by atoms with van der Waals surface area (Å²) in [5.41, 5.74) is 10.6. The molecule has 0 bridgehead atoms. The van der Waals surface area contributed by atoms with E-state index in [0.717, 1.165) is 10.9 Å². The average molecular weight is 534 g/mol. The van der Waals surface area contributed by atoms with Crippen LogP contribution in [-0.4, -0.2) is 4.98 Å². The highest BCUT2D eigenvalue weighted by molar-refractivity contribution is 6.20. The second-order valence-corrected chi connectivity index (χ2v) is 10.8. The van der Waals surface area contributed by atoms with Crippen LogP contribution in [0.3, 0.4) is 0 Å². The van der Waals surface area contributed by atoms with Crippen LogP contribution in [0.15, 0.2) is 164 Å². The fraction of sp³-hybridized carbons (Fsp3) is 0. The molecular weight excluding hydrogens is 506 g/mol. The van der Waals surface area contributed by atoms with Crippen molar-refractivity contribution in [2.45, 2.75) is 0 Å². The molecular formula is C41H27N. The van der Waals surface area contributed by atoms with Crippen molar-refractivity contribution in [2.24, 2.45) is 0 Å². The van der Waals surface area contributed by atoms with Crippen molar-refractivity contribution < 1.29 is 0 Å². The molecule has 1 heteroatoms. The average Bonchev–Trinajstić information content (AvgIpc) is 3.07. The Morgan fingerprint density at radius 1 is 0.310 bits per heavy atom. The molecule has 0 aliphatic carbocycles. The third kappa shape index (κ3) is 4.15. The molecule has 8 rings (SSSR count). The minimum Gasteiger partial charge on any atom is -0.256 e.